The smallest absolute Gasteiger partial charge is 0.255 e. The van der Waals surface area contributed by atoms with E-state index in [0.717, 1.165) is 5.56 Å². The zero-order chi connectivity index (χ0) is 14.7. The first kappa shape index (κ1) is 14.3. The molecule has 1 amide bonds. The molecule has 2 rings (SSSR count). The monoisotopic (exact) mass is 292 g/mol. The minimum atomic E-state index is -0.357. The van der Waals surface area contributed by atoms with Gasteiger partial charge in [0.15, 0.2) is 0 Å². The molecule has 0 heterocycles. The molecule has 0 saturated carbocycles. The molecule has 0 aliphatic heterocycles. The predicted octanol–water partition coefficient (Wildman–Crippen LogP) is 3.55. The van der Waals surface area contributed by atoms with Crippen molar-refractivity contribution in [2.24, 2.45) is 0 Å². The third-order valence-electron chi connectivity index (χ3n) is 2.99. The highest BCUT2D eigenvalue weighted by Gasteiger charge is 2.16. The van der Waals surface area contributed by atoms with E-state index in [9.17, 15) is 9.18 Å². The maximum Gasteiger partial charge on any atom is 0.255 e. The van der Waals surface area contributed by atoms with Crippen LogP contribution in [0.4, 0.5) is 10.1 Å². The number of nitrogen functional groups attached to an aromatic ring is 1. The second-order valence-corrected chi connectivity index (χ2v) is 4.86. The number of rotatable bonds is 3. The molecule has 3 nitrogen and oxygen atoms in total. The largest absolute Gasteiger partial charge is 0.398 e. The maximum absolute atomic E-state index is 12.9. The SMILES string of the molecule is CC(NC(=O)c1c(N)cccc1Cl)c1ccc(F)cc1. The summed E-state index contributed by atoms with van der Waals surface area (Å²) in [4.78, 5) is 12.2. The van der Waals surface area contributed by atoms with Crippen molar-refractivity contribution in [1.29, 1.82) is 0 Å². The lowest BCUT2D eigenvalue weighted by molar-refractivity contribution is 0.0941. The average molecular weight is 293 g/mol. The van der Waals surface area contributed by atoms with Crippen LogP contribution in [-0.4, -0.2) is 5.91 Å². The number of carbonyl (C=O) groups excluding carboxylic acids is 1. The Hall–Kier alpha value is -2.07. The van der Waals surface area contributed by atoms with Crippen LogP contribution >= 0.6 is 11.6 Å². The number of benzene rings is 2. The van der Waals surface area contributed by atoms with Crippen LogP contribution in [0.25, 0.3) is 0 Å². The minimum absolute atomic E-state index is 0.253. The van der Waals surface area contributed by atoms with Crippen LogP contribution in [0.1, 0.15) is 28.9 Å². The van der Waals surface area contributed by atoms with Gasteiger partial charge in [-0.1, -0.05) is 29.8 Å². The number of anilines is 1. The second kappa shape index (κ2) is 5.92. The van der Waals surface area contributed by atoms with E-state index < -0.39 is 0 Å². The van der Waals surface area contributed by atoms with E-state index in [1.54, 1.807) is 37.3 Å². The van der Waals surface area contributed by atoms with Gasteiger partial charge in [0.1, 0.15) is 5.82 Å². The summed E-state index contributed by atoms with van der Waals surface area (Å²) in [7, 11) is 0. The van der Waals surface area contributed by atoms with Crippen LogP contribution in [-0.2, 0) is 0 Å². The summed E-state index contributed by atoms with van der Waals surface area (Å²) in [5.41, 5.74) is 7.13. The minimum Gasteiger partial charge on any atom is -0.398 e. The number of hydrogen-bond acceptors (Lipinski definition) is 2. The molecule has 3 N–H and O–H groups in total. The van der Waals surface area contributed by atoms with Gasteiger partial charge in [0.2, 0.25) is 0 Å². The molecule has 0 bridgehead atoms. The fourth-order valence-corrected chi connectivity index (χ4v) is 2.15. The van der Waals surface area contributed by atoms with Crippen LogP contribution in [0, 0.1) is 5.82 Å². The maximum atomic E-state index is 12.9. The van der Waals surface area contributed by atoms with Crippen molar-refractivity contribution in [3.05, 3.63) is 64.4 Å². The van der Waals surface area contributed by atoms with Gasteiger partial charge >= 0.3 is 0 Å². The van der Waals surface area contributed by atoms with Gasteiger partial charge in [-0.3, -0.25) is 4.79 Å². The number of hydrogen-bond donors (Lipinski definition) is 2. The third kappa shape index (κ3) is 3.08. The highest BCUT2D eigenvalue weighted by atomic mass is 35.5. The third-order valence-corrected chi connectivity index (χ3v) is 3.31. The molecular formula is C15H14ClFN2O. The van der Waals surface area contributed by atoms with Crippen molar-refractivity contribution in [3.63, 3.8) is 0 Å². The molecule has 1 atom stereocenters. The summed E-state index contributed by atoms with van der Waals surface area (Å²) < 4.78 is 12.9. The van der Waals surface area contributed by atoms with Crippen molar-refractivity contribution in [2.75, 3.05) is 5.73 Å². The second-order valence-electron chi connectivity index (χ2n) is 4.45. The van der Waals surface area contributed by atoms with Gasteiger partial charge in [-0.25, -0.2) is 4.39 Å². The first-order chi connectivity index (χ1) is 9.49. The first-order valence-corrected chi connectivity index (χ1v) is 6.47. The molecule has 0 fully saturated rings. The van der Waals surface area contributed by atoms with Crippen molar-refractivity contribution in [1.82, 2.24) is 5.32 Å². The molecule has 5 heteroatoms. The van der Waals surface area contributed by atoms with Crippen molar-refractivity contribution in [2.45, 2.75) is 13.0 Å². The molecule has 1 unspecified atom stereocenters. The van der Waals surface area contributed by atoms with E-state index >= 15 is 0 Å². The Morgan fingerprint density at radius 3 is 2.50 bits per heavy atom. The summed E-state index contributed by atoms with van der Waals surface area (Å²) in [6, 6.07) is 10.6. The molecule has 104 valence electrons. The van der Waals surface area contributed by atoms with Gasteiger partial charge in [0, 0.05) is 5.69 Å². The molecule has 2 aromatic carbocycles. The lowest BCUT2D eigenvalue weighted by atomic mass is 10.1. The van der Waals surface area contributed by atoms with E-state index in [-0.39, 0.29) is 23.3 Å². The summed E-state index contributed by atoms with van der Waals surface area (Å²) in [5, 5.41) is 3.09. The molecule has 0 spiro atoms. The number of carbonyl (C=O) groups is 1. The Morgan fingerprint density at radius 1 is 1.25 bits per heavy atom. The van der Waals surface area contributed by atoms with Crippen LogP contribution in [0.2, 0.25) is 5.02 Å². The normalized spacial score (nSPS) is 11.9. The molecule has 0 aliphatic carbocycles. The summed E-state index contributed by atoms with van der Waals surface area (Å²) >= 11 is 5.98. The van der Waals surface area contributed by atoms with Gasteiger partial charge in [-0.15, -0.1) is 0 Å². The van der Waals surface area contributed by atoms with Gasteiger partial charge in [-0.05, 0) is 36.8 Å². The molecule has 0 aliphatic rings. The lowest BCUT2D eigenvalue weighted by Crippen LogP contribution is -2.27. The molecule has 0 radical (unpaired) electrons. The van der Waals surface area contributed by atoms with E-state index in [1.165, 1.54) is 12.1 Å². The highest BCUT2D eigenvalue weighted by Crippen LogP contribution is 2.23. The van der Waals surface area contributed by atoms with Crippen LogP contribution < -0.4 is 11.1 Å². The standard InChI is InChI=1S/C15H14ClFN2O/c1-9(10-5-7-11(17)8-6-10)19-15(20)14-12(16)3-2-4-13(14)18/h2-9H,18H2,1H3,(H,19,20). The molecule has 2 aromatic rings. The van der Waals surface area contributed by atoms with E-state index in [4.69, 9.17) is 17.3 Å². The predicted molar refractivity (Wildman–Crippen MR) is 78.1 cm³/mol. The summed E-state index contributed by atoms with van der Waals surface area (Å²) in [6.07, 6.45) is 0. The number of nitrogens with one attached hydrogen (secondary N) is 1. The Kier molecular flexibility index (Phi) is 4.25. The van der Waals surface area contributed by atoms with Crippen LogP contribution in [0.3, 0.4) is 0 Å². The van der Waals surface area contributed by atoms with Crippen molar-refractivity contribution in [3.8, 4) is 0 Å². The van der Waals surface area contributed by atoms with Gasteiger partial charge in [-0.2, -0.15) is 0 Å². The molecule has 20 heavy (non-hydrogen) atoms. The van der Waals surface area contributed by atoms with Crippen LogP contribution in [0.5, 0.6) is 0 Å². The topological polar surface area (TPSA) is 55.1 Å². The lowest BCUT2D eigenvalue weighted by Gasteiger charge is -2.16. The van der Waals surface area contributed by atoms with E-state index in [1.807, 2.05) is 0 Å². The number of nitrogens with two attached hydrogens (primary N) is 1. The van der Waals surface area contributed by atoms with E-state index in [0.29, 0.717) is 10.7 Å². The number of amides is 1. The van der Waals surface area contributed by atoms with E-state index in [2.05, 4.69) is 5.32 Å². The molecule has 0 aromatic heterocycles. The van der Waals surface area contributed by atoms with Gasteiger partial charge in [0.05, 0.1) is 16.6 Å². The highest BCUT2D eigenvalue weighted by molar-refractivity contribution is 6.34. The molecular weight excluding hydrogens is 279 g/mol. The van der Waals surface area contributed by atoms with Crippen LogP contribution in [0.15, 0.2) is 42.5 Å². The Morgan fingerprint density at radius 2 is 1.90 bits per heavy atom. The summed E-state index contributed by atoms with van der Waals surface area (Å²) in [5.74, 6) is -0.674. The zero-order valence-electron chi connectivity index (χ0n) is 10.9. The number of halogens is 2. The fourth-order valence-electron chi connectivity index (χ4n) is 1.88. The van der Waals surface area contributed by atoms with Gasteiger partial charge in [0.25, 0.3) is 5.91 Å². The Labute approximate surface area is 121 Å². The first-order valence-electron chi connectivity index (χ1n) is 6.09. The zero-order valence-corrected chi connectivity index (χ0v) is 11.6. The summed E-state index contributed by atoms with van der Waals surface area (Å²) in [6.45, 7) is 1.80. The van der Waals surface area contributed by atoms with Crippen molar-refractivity contribution < 1.29 is 9.18 Å². The molecule has 0 saturated heterocycles. The Balaban J connectivity index is 2.17. The Bertz CT molecular complexity index is 608. The van der Waals surface area contributed by atoms with Gasteiger partial charge < -0.3 is 11.1 Å². The quantitative estimate of drug-likeness (QED) is 0.850. The average Bonchev–Trinajstić information content (AvgIpc) is 2.39. The van der Waals surface area contributed by atoms with Crippen molar-refractivity contribution >= 4 is 23.2 Å². The fraction of sp³-hybridized carbons (Fsp3) is 0.133.